The van der Waals surface area contributed by atoms with Crippen LogP contribution in [0.3, 0.4) is 0 Å². The Kier molecular flexibility index (Phi) is 8.42. The Bertz CT molecular complexity index is 1460. The summed E-state index contributed by atoms with van der Waals surface area (Å²) >= 11 is 12.5. The second-order valence-corrected chi connectivity index (χ2v) is 11.2. The summed E-state index contributed by atoms with van der Waals surface area (Å²) in [5.41, 5.74) is 2.38. The van der Waals surface area contributed by atoms with Crippen LogP contribution in [0, 0.1) is 0 Å². The van der Waals surface area contributed by atoms with Crippen LogP contribution >= 0.6 is 23.2 Å². The van der Waals surface area contributed by atoms with Crippen LogP contribution in [0.2, 0.25) is 10.0 Å². The second-order valence-electron chi connectivity index (χ2n) is 10.4. The lowest BCUT2D eigenvalue weighted by atomic mass is 9.93. The molecule has 3 aromatic rings. The van der Waals surface area contributed by atoms with Crippen LogP contribution in [0.25, 0.3) is 0 Å². The quantitative estimate of drug-likeness (QED) is 0.339. The van der Waals surface area contributed by atoms with Crippen LogP contribution in [-0.4, -0.2) is 72.4 Å². The first kappa shape index (κ1) is 28.8. The van der Waals surface area contributed by atoms with Crippen molar-refractivity contribution in [1.29, 1.82) is 0 Å². The number of methoxy groups -OCH3 is 1. The summed E-state index contributed by atoms with van der Waals surface area (Å²) in [6, 6.07) is 19.1. The molecule has 5 rings (SSSR count). The predicted molar refractivity (Wildman–Crippen MR) is 160 cm³/mol. The standard InChI is InChI=1S/C31H32Cl2N4O4/c1-19(2)41-26-17-24(40-4)13-14-25(26)30-34-28(20-5-9-22(32)10-6-20)29(21-7-11-23(33)12-8-21)37(30)31(39)36-16-15-35(3)27(38)18-36/h5-14,17,19,28-29H,15-16,18H2,1-4H3/t28-,29+/m0/s1. The van der Waals surface area contributed by atoms with Gasteiger partial charge in [-0.3, -0.25) is 14.7 Å². The van der Waals surface area contributed by atoms with Crippen LogP contribution in [0.4, 0.5) is 4.79 Å². The SMILES string of the molecule is COc1ccc(C2=N[C@@H](c3ccc(Cl)cc3)[C@@H](c3ccc(Cl)cc3)N2C(=O)N2CCN(C)C(=O)C2)c(OC(C)C)c1. The molecule has 0 radical (unpaired) electrons. The fourth-order valence-electron chi connectivity index (χ4n) is 5.09. The molecule has 0 aromatic heterocycles. The zero-order chi connectivity index (χ0) is 29.3. The number of benzene rings is 3. The highest BCUT2D eigenvalue weighted by Gasteiger charge is 2.45. The number of amidine groups is 1. The minimum atomic E-state index is -0.528. The largest absolute Gasteiger partial charge is 0.497 e. The molecule has 0 N–H and O–H groups in total. The molecule has 0 bridgehead atoms. The number of carbonyl (C=O) groups is 2. The molecule has 2 aliphatic rings. The first-order valence-corrected chi connectivity index (χ1v) is 14.2. The number of carbonyl (C=O) groups excluding carboxylic acids is 2. The number of likely N-dealkylation sites (N-methyl/N-ethyl adjacent to an activating group) is 1. The van der Waals surface area contributed by atoms with Gasteiger partial charge in [-0.15, -0.1) is 0 Å². The maximum absolute atomic E-state index is 14.5. The van der Waals surface area contributed by atoms with Gasteiger partial charge in [-0.2, -0.15) is 0 Å². The number of amides is 3. The topological polar surface area (TPSA) is 74.7 Å². The van der Waals surface area contributed by atoms with Gasteiger partial charge in [0.15, 0.2) is 0 Å². The van der Waals surface area contributed by atoms with E-state index < -0.39 is 12.1 Å². The van der Waals surface area contributed by atoms with Crippen molar-refractivity contribution in [2.75, 3.05) is 33.8 Å². The number of aliphatic imine (C=N–C) groups is 1. The Morgan fingerprint density at radius 1 is 0.951 bits per heavy atom. The van der Waals surface area contributed by atoms with Crippen molar-refractivity contribution in [3.8, 4) is 11.5 Å². The molecule has 3 amide bonds. The highest BCUT2D eigenvalue weighted by molar-refractivity contribution is 6.30. The lowest BCUT2D eigenvalue weighted by molar-refractivity contribution is -0.133. The van der Waals surface area contributed by atoms with Gasteiger partial charge in [0.05, 0.1) is 24.8 Å². The average molecular weight is 596 g/mol. The number of rotatable bonds is 6. The van der Waals surface area contributed by atoms with E-state index >= 15 is 0 Å². The maximum atomic E-state index is 14.5. The molecule has 1 fully saturated rings. The Hall–Kier alpha value is -3.75. The molecular formula is C31H32Cl2N4O4. The molecule has 0 spiro atoms. The van der Waals surface area contributed by atoms with Crippen molar-refractivity contribution >= 4 is 41.0 Å². The van der Waals surface area contributed by atoms with Crippen molar-refractivity contribution in [2.24, 2.45) is 4.99 Å². The molecule has 214 valence electrons. The first-order valence-electron chi connectivity index (χ1n) is 13.4. The monoisotopic (exact) mass is 594 g/mol. The summed E-state index contributed by atoms with van der Waals surface area (Å²) in [6.45, 7) is 4.70. The van der Waals surface area contributed by atoms with Gasteiger partial charge < -0.3 is 19.3 Å². The van der Waals surface area contributed by atoms with Gasteiger partial charge in [-0.05, 0) is 61.4 Å². The molecule has 41 heavy (non-hydrogen) atoms. The van der Waals surface area contributed by atoms with Gasteiger partial charge in [0, 0.05) is 36.2 Å². The van der Waals surface area contributed by atoms with Gasteiger partial charge in [0.2, 0.25) is 5.91 Å². The van der Waals surface area contributed by atoms with Gasteiger partial charge in [0.25, 0.3) is 0 Å². The summed E-state index contributed by atoms with van der Waals surface area (Å²) < 4.78 is 11.7. The highest BCUT2D eigenvalue weighted by atomic mass is 35.5. The molecule has 2 heterocycles. The van der Waals surface area contributed by atoms with E-state index in [9.17, 15) is 9.59 Å². The van der Waals surface area contributed by atoms with Gasteiger partial charge in [-0.1, -0.05) is 47.5 Å². The molecule has 2 atom stereocenters. The minimum Gasteiger partial charge on any atom is -0.497 e. The molecule has 0 saturated carbocycles. The van der Waals surface area contributed by atoms with Crippen LogP contribution in [-0.2, 0) is 4.79 Å². The van der Waals surface area contributed by atoms with Gasteiger partial charge in [-0.25, -0.2) is 4.79 Å². The average Bonchev–Trinajstić information content (AvgIpc) is 3.34. The Morgan fingerprint density at radius 2 is 1.59 bits per heavy atom. The fraction of sp³-hybridized carbons (Fsp3) is 0.323. The summed E-state index contributed by atoms with van der Waals surface area (Å²) in [7, 11) is 3.33. The van der Waals surface area contributed by atoms with E-state index in [1.54, 1.807) is 47.1 Å². The Balaban J connectivity index is 1.70. The summed E-state index contributed by atoms with van der Waals surface area (Å²) in [4.78, 5) is 37.2. The number of nitrogens with zero attached hydrogens (tertiary/aromatic N) is 4. The van der Waals surface area contributed by atoms with E-state index in [1.165, 1.54) is 0 Å². The van der Waals surface area contributed by atoms with Crippen LogP contribution < -0.4 is 9.47 Å². The van der Waals surface area contributed by atoms with Crippen LogP contribution in [0.5, 0.6) is 11.5 Å². The van der Waals surface area contributed by atoms with Crippen LogP contribution in [0.15, 0.2) is 71.7 Å². The smallest absolute Gasteiger partial charge is 0.326 e. The van der Waals surface area contributed by atoms with E-state index in [-0.39, 0.29) is 24.6 Å². The van der Waals surface area contributed by atoms with Gasteiger partial charge >= 0.3 is 6.03 Å². The number of hydrogen-bond acceptors (Lipinski definition) is 5. The van der Waals surface area contributed by atoms with Crippen molar-refractivity contribution in [3.05, 3.63) is 93.5 Å². The van der Waals surface area contributed by atoms with Crippen molar-refractivity contribution in [1.82, 2.24) is 14.7 Å². The van der Waals surface area contributed by atoms with Crippen molar-refractivity contribution < 1.29 is 19.1 Å². The van der Waals surface area contributed by atoms with Crippen LogP contribution in [0.1, 0.15) is 42.6 Å². The molecular weight excluding hydrogens is 563 g/mol. The summed E-state index contributed by atoms with van der Waals surface area (Å²) in [5, 5.41) is 1.19. The third kappa shape index (κ3) is 5.99. The van der Waals surface area contributed by atoms with E-state index in [4.69, 9.17) is 37.7 Å². The van der Waals surface area contributed by atoms with Gasteiger partial charge in [0.1, 0.15) is 29.9 Å². The molecule has 0 unspecified atom stereocenters. The van der Waals surface area contributed by atoms with E-state index in [1.807, 2.05) is 62.4 Å². The third-order valence-corrected chi connectivity index (χ3v) is 7.72. The predicted octanol–water partition coefficient (Wildman–Crippen LogP) is 6.23. The Labute approximate surface area is 250 Å². The van der Waals surface area contributed by atoms with E-state index in [0.29, 0.717) is 46.0 Å². The molecule has 3 aromatic carbocycles. The normalized spacial score (nSPS) is 19.0. The van der Waals surface area contributed by atoms with E-state index in [0.717, 1.165) is 11.1 Å². The molecule has 8 nitrogen and oxygen atoms in total. The molecule has 2 aliphatic heterocycles. The second kappa shape index (κ2) is 12.0. The number of urea groups is 1. The lowest BCUT2D eigenvalue weighted by Crippen LogP contribution is -2.55. The number of piperazine rings is 1. The minimum absolute atomic E-state index is 0.0178. The van der Waals surface area contributed by atoms with Crippen molar-refractivity contribution in [3.63, 3.8) is 0 Å². The first-order chi connectivity index (χ1) is 19.7. The zero-order valence-electron chi connectivity index (χ0n) is 23.4. The number of hydrogen-bond donors (Lipinski definition) is 0. The maximum Gasteiger partial charge on any atom is 0.326 e. The molecule has 10 heteroatoms. The highest BCUT2D eigenvalue weighted by Crippen LogP contribution is 2.46. The number of ether oxygens (including phenoxy) is 2. The molecule has 1 saturated heterocycles. The Morgan fingerprint density at radius 3 is 2.17 bits per heavy atom. The van der Waals surface area contributed by atoms with E-state index in [2.05, 4.69) is 0 Å². The third-order valence-electron chi connectivity index (χ3n) is 7.22. The van der Waals surface area contributed by atoms with Crippen molar-refractivity contribution in [2.45, 2.75) is 32.0 Å². The summed E-state index contributed by atoms with van der Waals surface area (Å²) in [6.07, 6.45) is -0.138. The zero-order valence-corrected chi connectivity index (χ0v) is 24.9. The summed E-state index contributed by atoms with van der Waals surface area (Å²) in [5.74, 6) is 1.48. The molecule has 0 aliphatic carbocycles. The fourth-order valence-corrected chi connectivity index (χ4v) is 5.35. The lowest BCUT2D eigenvalue weighted by Gasteiger charge is -2.37. The number of halogens is 2.